The van der Waals surface area contributed by atoms with Gasteiger partial charge in [-0.2, -0.15) is 0 Å². The van der Waals surface area contributed by atoms with Crippen LogP contribution in [0.2, 0.25) is 0 Å². The lowest BCUT2D eigenvalue weighted by atomic mass is 10.2. The molecule has 190 valence electrons. The molecule has 0 fully saturated rings. The molecule has 0 aliphatic carbocycles. The van der Waals surface area contributed by atoms with Gasteiger partial charge in [-0.05, 0) is 73.7 Å². The van der Waals surface area contributed by atoms with E-state index in [4.69, 9.17) is 4.74 Å². The van der Waals surface area contributed by atoms with E-state index in [1.807, 2.05) is 6.92 Å². The predicted octanol–water partition coefficient (Wildman–Crippen LogP) is 4.61. The average molecular weight is 524 g/mol. The molecule has 2 amide bonds. The summed E-state index contributed by atoms with van der Waals surface area (Å²) in [6, 6.07) is 18.0. The van der Waals surface area contributed by atoms with E-state index in [0.717, 1.165) is 17.8 Å². The van der Waals surface area contributed by atoms with E-state index in [-0.39, 0.29) is 23.8 Å². The minimum atomic E-state index is -0.524. The van der Waals surface area contributed by atoms with Gasteiger partial charge < -0.3 is 15.4 Å². The molecule has 0 spiro atoms. The molecule has 0 bridgehead atoms. The van der Waals surface area contributed by atoms with Crippen molar-refractivity contribution >= 4 is 29.3 Å². The van der Waals surface area contributed by atoms with Crippen LogP contribution >= 0.6 is 11.8 Å². The number of nitrogens with zero attached hydrogens (tertiary/aromatic N) is 3. The van der Waals surface area contributed by atoms with Crippen LogP contribution in [0, 0.1) is 11.6 Å². The third kappa shape index (κ3) is 6.91. The van der Waals surface area contributed by atoms with E-state index in [1.165, 1.54) is 30.3 Å². The zero-order valence-electron chi connectivity index (χ0n) is 19.8. The minimum Gasteiger partial charge on any atom is -0.494 e. The molecule has 1 heterocycles. The number of benzene rings is 3. The summed E-state index contributed by atoms with van der Waals surface area (Å²) in [6.07, 6.45) is 0. The Morgan fingerprint density at radius 3 is 2.43 bits per heavy atom. The lowest BCUT2D eigenvalue weighted by Gasteiger charge is -2.11. The number of hydrogen-bond acceptors (Lipinski definition) is 6. The van der Waals surface area contributed by atoms with Crippen LogP contribution in [0.25, 0.3) is 5.69 Å². The number of carbonyl (C=O) groups excluding carboxylic acids is 2. The van der Waals surface area contributed by atoms with Crippen LogP contribution in [0.1, 0.15) is 23.1 Å². The van der Waals surface area contributed by atoms with Crippen LogP contribution in [0.4, 0.5) is 14.5 Å². The number of nitrogens with one attached hydrogen (secondary N) is 2. The number of amides is 2. The van der Waals surface area contributed by atoms with E-state index in [0.29, 0.717) is 34.7 Å². The fourth-order valence-corrected chi connectivity index (χ4v) is 4.15. The zero-order valence-corrected chi connectivity index (χ0v) is 20.6. The van der Waals surface area contributed by atoms with Crippen molar-refractivity contribution in [3.05, 3.63) is 95.8 Å². The Labute approximate surface area is 216 Å². The van der Waals surface area contributed by atoms with Crippen LogP contribution < -0.4 is 15.4 Å². The summed E-state index contributed by atoms with van der Waals surface area (Å²) in [4.78, 5) is 25.0. The normalized spacial score (nSPS) is 10.7. The summed E-state index contributed by atoms with van der Waals surface area (Å²) in [5.74, 6) is -0.598. The fourth-order valence-electron chi connectivity index (χ4n) is 3.38. The second-order valence-corrected chi connectivity index (χ2v) is 8.64. The zero-order chi connectivity index (χ0) is 26.2. The second kappa shape index (κ2) is 12.1. The molecule has 0 saturated heterocycles. The van der Waals surface area contributed by atoms with Crippen LogP contribution in [-0.2, 0) is 11.3 Å². The molecular formula is C26H23F2N5O3S. The van der Waals surface area contributed by atoms with Crippen molar-refractivity contribution in [2.24, 2.45) is 0 Å². The molecule has 0 atom stereocenters. The third-order valence-corrected chi connectivity index (χ3v) is 5.99. The number of thioether (sulfide) groups is 1. The van der Waals surface area contributed by atoms with Crippen LogP contribution in [0.15, 0.2) is 78.0 Å². The molecule has 4 aromatic rings. The number of halogens is 2. The van der Waals surface area contributed by atoms with E-state index in [9.17, 15) is 18.4 Å². The molecule has 0 saturated carbocycles. The highest BCUT2D eigenvalue weighted by molar-refractivity contribution is 7.99. The highest BCUT2D eigenvalue weighted by Gasteiger charge is 2.17. The number of carbonyl (C=O) groups is 2. The molecule has 0 aliphatic heterocycles. The van der Waals surface area contributed by atoms with E-state index in [2.05, 4.69) is 20.8 Å². The van der Waals surface area contributed by atoms with Gasteiger partial charge in [-0.1, -0.05) is 17.8 Å². The van der Waals surface area contributed by atoms with Gasteiger partial charge in [0.2, 0.25) is 5.91 Å². The van der Waals surface area contributed by atoms with Crippen LogP contribution in [0.5, 0.6) is 5.75 Å². The summed E-state index contributed by atoms with van der Waals surface area (Å²) in [5.41, 5.74) is 1.33. The van der Waals surface area contributed by atoms with Gasteiger partial charge in [0.25, 0.3) is 5.91 Å². The first-order chi connectivity index (χ1) is 17.9. The van der Waals surface area contributed by atoms with Gasteiger partial charge in [0.05, 0.1) is 18.9 Å². The van der Waals surface area contributed by atoms with Crippen molar-refractivity contribution in [2.45, 2.75) is 18.6 Å². The van der Waals surface area contributed by atoms with Gasteiger partial charge in [0, 0.05) is 16.9 Å². The molecule has 3 aromatic carbocycles. The molecular weight excluding hydrogens is 500 g/mol. The Hall–Kier alpha value is -4.25. The SMILES string of the molecule is CCOc1ccc(NC(=O)CSc2nnc(CNC(=O)c3cccc(F)c3)n2-c2ccc(F)cc2)cc1. The van der Waals surface area contributed by atoms with Crippen LogP contribution in [0.3, 0.4) is 0 Å². The molecule has 0 radical (unpaired) electrons. The molecule has 4 rings (SSSR count). The van der Waals surface area contributed by atoms with Crippen LogP contribution in [-0.4, -0.2) is 38.9 Å². The summed E-state index contributed by atoms with van der Waals surface area (Å²) in [5, 5.41) is 14.2. The Bertz CT molecular complexity index is 1380. The molecule has 1 aromatic heterocycles. The highest BCUT2D eigenvalue weighted by Crippen LogP contribution is 2.23. The van der Waals surface area contributed by atoms with Crippen molar-refractivity contribution in [1.29, 1.82) is 0 Å². The van der Waals surface area contributed by atoms with Crippen molar-refractivity contribution in [3.63, 3.8) is 0 Å². The first-order valence-electron chi connectivity index (χ1n) is 11.3. The van der Waals surface area contributed by atoms with Gasteiger partial charge in [-0.15, -0.1) is 10.2 Å². The molecule has 0 unspecified atom stereocenters. The first-order valence-corrected chi connectivity index (χ1v) is 12.3. The van der Waals surface area contributed by atoms with Gasteiger partial charge >= 0.3 is 0 Å². The minimum absolute atomic E-state index is 0.0291. The fraction of sp³-hybridized carbons (Fsp3) is 0.154. The van der Waals surface area contributed by atoms with Gasteiger partial charge in [0.15, 0.2) is 11.0 Å². The lowest BCUT2D eigenvalue weighted by molar-refractivity contribution is -0.113. The summed E-state index contributed by atoms with van der Waals surface area (Å²) in [7, 11) is 0. The Kier molecular flexibility index (Phi) is 8.47. The van der Waals surface area contributed by atoms with E-state index >= 15 is 0 Å². The Morgan fingerprint density at radius 1 is 0.973 bits per heavy atom. The van der Waals surface area contributed by atoms with Crippen molar-refractivity contribution in [3.8, 4) is 11.4 Å². The quantitative estimate of drug-likeness (QED) is 0.295. The second-order valence-electron chi connectivity index (χ2n) is 7.70. The van der Waals surface area contributed by atoms with Crippen molar-refractivity contribution in [2.75, 3.05) is 17.7 Å². The molecule has 37 heavy (non-hydrogen) atoms. The maximum atomic E-state index is 13.5. The summed E-state index contributed by atoms with van der Waals surface area (Å²) in [6.45, 7) is 2.41. The number of hydrogen-bond donors (Lipinski definition) is 2. The highest BCUT2D eigenvalue weighted by atomic mass is 32.2. The van der Waals surface area contributed by atoms with Gasteiger partial charge in [0.1, 0.15) is 17.4 Å². The topological polar surface area (TPSA) is 98.1 Å². The van der Waals surface area contributed by atoms with Gasteiger partial charge in [-0.3, -0.25) is 14.2 Å². The van der Waals surface area contributed by atoms with Crippen molar-refractivity contribution in [1.82, 2.24) is 20.1 Å². The Morgan fingerprint density at radius 2 is 1.73 bits per heavy atom. The number of ether oxygens (including phenoxy) is 1. The monoisotopic (exact) mass is 523 g/mol. The third-order valence-electron chi connectivity index (χ3n) is 5.06. The maximum absolute atomic E-state index is 13.5. The van der Waals surface area contributed by atoms with Gasteiger partial charge in [-0.25, -0.2) is 8.78 Å². The number of rotatable bonds is 10. The van der Waals surface area contributed by atoms with E-state index in [1.54, 1.807) is 41.0 Å². The first kappa shape index (κ1) is 25.8. The predicted molar refractivity (Wildman–Crippen MR) is 136 cm³/mol. The smallest absolute Gasteiger partial charge is 0.251 e. The van der Waals surface area contributed by atoms with Crippen molar-refractivity contribution < 1.29 is 23.1 Å². The summed E-state index contributed by atoms with van der Waals surface area (Å²) < 4.78 is 34.0. The lowest BCUT2D eigenvalue weighted by Crippen LogP contribution is -2.24. The number of anilines is 1. The molecule has 8 nitrogen and oxygen atoms in total. The maximum Gasteiger partial charge on any atom is 0.251 e. The number of aromatic nitrogens is 3. The largest absolute Gasteiger partial charge is 0.494 e. The standard InChI is InChI=1S/C26H23F2N5O3S/c1-2-36-22-12-8-20(9-13-22)30-24(34)16-37-26-32-31-23(33(26)21-10-6-18(27)7-11-21)15-29-25(35)17-4-3-5-19(28)14-17/h3-14H,2,15-16H2,1H3,(H,29,35)(H,30,34). The average Bonchev–Trinajstić information content (AvgIpc) is 3.30. The molecule has 2 N–H and O–H groups in total. The van der Waals surface area contributed by atoms with E-state index < -0.39 is 17.5 Å². The molecule has 0 aliphatic rings. The Balaban J connectivity index is 1.46. The summed E-state index contributed by atoms with van der Waals surface area (Å²) >= 11 is 1.13. The molecule has 11 heteroatoms.